The van der Waals surface area contributed by atoms with Gasteiger partial charge in [-0.1, -0.05) is 31.2 Å². The van der Waals surface area contributed by atoms with Gasteiger partial charge in [0.05, 0.1) is 6.04 Å². The maximum atomic E-state index is 10.2. The number of phenolic OH excluding ortho intramolecular Hbond substituents is 2. The van der Waals surface area contributed by atoms with Gasteiger partial charge in [-0.05, 0) is 97.5 Å². The van der Waals surface area contributed by atoms with Crippen molar-refractivity contribution in [3.8, 4) is 17.2 Å². The topological polar surface area (TPSA) is 65.0 Å². The number of ether oxygens (including phenoxy) is 1. The van der Waals surface area contributed by atoms with Crippen LogP contribution in [0.1, 0.15) is 49.9 Å². The van der Waals surface area contributed by atoms with E-state index in [1.54, 1.807) is 24.3 Å². The Morgan fingerprint density at radius 1 is 1.03 bits per heavy atom. The zero-order chi connectivity index (χ0) is 24.5. The van der Waals surface area contributed by atoms with Crippen LogP contribution in [0.2, 0.25) is 0 Å². The molecular formula is C30H34N2O3. The van der Waals surface area contributed by atoms with Crippen LogP contribution in [0.15, 0.2) is 66.7 Å². The number of phenols is 2. The van der Waals surface area contributed by atoms with E-state index in [1.807, 2.05) is 30.3 Å². The van der Waals surface area contributed by atoms with Gasteiger partial charge in [-0.25, -0.2) is 0 Å². The lowest BCUT2D eigenvalue weighted by Gasteiger charge is -2.32. The molecule has 35 heavy (non-hydrogen) atoms. The van der Waals surface area contributed by atoms with Crippen LogP contribution in [0.4, 0.5) is 5.69 Å². The number of allylic oxidation sites excluding steroid dienone is 1. The molecule has 3 atom stereocenters. The number of likely N-dealkylation sites (tertiary alicyclic amines) is 1. The molecule has 0 radical (unpaired) electrons. The summed E-state index contributed by atoms with van der Waals surface area (Å²) in [5.41, 5.74) is 6.13. The number of aromatic hydroxyl groups is 2. The third-order valence-electron chi connectivity index (χ3n) is 7.34. The summed E-state index contributed by atoms with van der Waals surface area (Å²) in [5, 5.41) is 23.9. The van der Waals surface area contributed by atoms with Gasteiger partial charge in [-0.15, -0.1) is 0 Å². The van der Waals surface area contributed by atoms with Crippen LogP contribution in [0, 0.1) is 5.92 Å². The molecule has 3 unspecified atom stereocenters. The molecule has 0 aromatic heterocycles. The molecule has 1 saturated heterocycles. The Morgan fingerprint density at radius 3 is 2.51 bits per heavy atom. The molecular weight excluding hydrogens is 436 g/mol. The number of hydrogen-bond acceptors (Lipinski definition) is 5. The van der Waals surface area contributed by atoms with Crippen molar-refractivity contribution in [2.45, 2.75) is 39.3 Å². The standard InChI is InChI=1S/C30H34N2O3/c1-19-13-14-32(17-19)20(2)18-35-26-10-7-22(8-11-26)30-29(23-5-4-6-24(33)15-23)21(3)27-16-25(34)9-12-28(27)31-30/h4-12,15-16,19-20,30-31,33-34H,13-14,17-18H2,1-3H3. The highest BCUT2D eigenvalue weighted by atomic mass is 16.5. The van der Waals surface area contributed by atoms with Gasteiger partial charge in [0.25, 0.3) is 0 Å². The molecule has 2 heterocycles. The molecule has 3 aromatic rings. The molecule has 0 amide bonds. The van der Waals surface area contributed by atoms with Crippen molar-refractivity contribution in [3.63, 3.8) is 0 Å². The van der Waals surface area contributed by atoms with Gasteiger partial charge in [0, 0.05) is 23.8 Å². The largest absolute Gasteiger partial charge is 0.508 e. The summed E-state index contributed by atoms with van der Waals surface area (Å²) < 4.78 is 6.14. The number of nitrogens with one attached hydrogen (secondary N) is 1. The van der Waals surface area contributed by atoms with Gasteiger partial charge in [0.15, 0.2) is 0 Å². The fourth-order valence-corrected chi connectivity index (χ4v) is 5.31. The second-order valence-corrected chi connectivity index (χ2v) is 10.0. The molecule has 2 aliphatic rings. The average molecular weight is 471 g/mol. The number of rotatable bonds is 6. The Hall–Kier alpha value is -3.44. The van der Waals surface area contributed by atoms with Gasteiger partial charge >= 0.3 is 0 Å². The molecule has 0 bridgehead atoms. The van der Waals surface area contributed by atoms with Crippen molar-refractivity contribution in [3.05, 3.63) is 83.4 Å². The van der Waals surface area contributed by atoms with Gasteiger partial charge in [-0.2, -0.15) is 0 Å². The normalized spacial score (nSPS) is 20.9. The van der Waals surface area contributed by atoms with Crippen molar-refractivity contribution in [1.82, 2.24) is 4.90 Å². The fourth-order valence-electron chi connectivity index (χ4n) is 5.31. The first-order valence-corrected chi connectivity index (χ1v) is 12.5. The average Bonchev–Trinajstić information content (AvgIpc) is 3.29. The third kappa shape index (κ3) is 4.87. The van der Waals surface area contributed by atoms with Crippen molar-refractivity contribution in [1.29, 1.82) is 0 Å². The molecule has 5 heteroatoms. The van der Waals surface area contributed by atoms with E-state index in [0.29, 0.717) is 12.6 Å². The summed E-state index contributed by atoms with van der Waals surface area (Å²) >= 11 is 0. The first-order chi connectivity index (χ1) is 16.9. The molecule has 0 saturated carbocycles. The molecule has 1 fully saturated rings. The van der Waals surface area contributed by atoms with E-state index in [-0.39, 0.29) is 17.5 Å². The number of fused-ring (bicyclic) bond motifs is 1. The summed E-state index contributed by atoms with van der Waals surface area (Å²) in [4.78, 5) is 2.51. The van der Waals surface area contributed by atoms with Crippen molar-refractivity contribution in [2.75, 3.05) is 25.0 Å². The highest BCUT2D eigenvalue weighted by molar-refractivity contribution is 6.00. The lowest BCUT2D eigenvalue weighted by atomic mass is 9.83. The molecule has 3 aromatic carbocycles. The van der Waals surface area contributed by atoms with E-state index in [0.717, 1.165) is 58.3 Å². The summed E-state index contributed by atoms with van der Waals surface area (Å²) in [7, 11) is 0. The predicted molar refractivity (Wildman–Crippen MR) is 142 cm³/mol. The van der Waals surface area contributed by atoms with Crippen LogP contribution in [0.3, 0.4) is 0 Å². The molecule has 182 valence electrons. The second-order valence-electron chi connectivity index (χ2n) is 10.0. The first-order valence-electron chi connectivity index (χ1n) is 12.5. The van der Waals surface area contributed by atoms with E-state index in [1.165, 1.54) is 6.42 Å². The van der Waals surface area contributed by atoms with Crippen LogP contribution < -0.4 is 10.1 Å². The molecule has 5 rings (SSSR count). The minimum Gasteiger partial charge on any atom is -0.508 e. The number of hydrogen-bond donors (Lipinski definition) is 3. The Kier molecular flexibility index (Phi) is 6.44. The third-order valence-corrected chi connectivity index (χ3v) is 7.34. The zero-order valence-electron chi connectivity index (χ0n) is 20.7. The Labute approximate surface area is 207 Å². The van der Waals surface area contributed by atoms with Gasteiger partial charge in [-0.3, -0.25) is 4.90 Å². The monoisotopic (exact) mass is 470 g/mol. The Balaban J connectivity index is 1.41. The van der Waals surface area contributed by atoms with Crippen LogP contribution in [-0.4, -0.2) is 40.9 Å². The maximum Gasteiger partial charge on any atom is 0.119 e. The minimum absolute atomic E-state index is 0.104. The zero-order valence-corrected chi connectivity index (χ0v) is 20.7. The number of nitrogens with zero attached hydrogens (tertiary/aromatic N) is 1. The predicted octanol–water partition coefficient (Wildman–Crippen LogP) is 6.30. The first kappa shape index (κ1) is 23.3. The molecule has 0 aliphatic carbocycles. The highest BCUT2D eigenvalue weighted by Gasteiger charge is 2.28. The smallest absolute Gasteiger partial charge is 0.119 e. The Bertz CT molecular complexity index is 1230. The SMILES string of the molecule is CC1=C(c2cccc(O)c2)C(c2ccc(OCC(C)N3CCC(C)C3)cc2)Nc2ccc(O)cc21. The van der Waals surface area contributed by atoms with Gasteiger partial charge in [0.2, 0.25) is 0 Å². The highest BCUT2D eigenvalue weighted by Crippen LogP contribution is 2.46. The fraction of sp³-hybridized carbons (Fsp3) is 0.333. The van der Waals surface area contributed by atoms with Crippen LogP contribution in [0.25, 0.3) is 11.1 Å². The van der Waals surface area contributed by atoms with Crippen molar-refractivity contribution in [2.24, 2.45) is 5.92 Å². The van der Waals surface area contributed by atoms with Crippen LogP contribution in [-0.2, 0) is 0 Å². The molecule has 3 N–H and O–H groups in total. The lowest BCUT2D eigenvalue weighted by molar-refractivity contribution is 0.169. The maximum absolute atomic E-state index is 10.2. The quantitative estimate of drug-likeness (QED) is 0.369. The van der Waals surface area contributed by atoms with E-state index in [2.05, 4.69) is 43.1 Å². The summed E-state index contributed by atoms with van der Waals surface area (Å²) in [6, 6.07) is 21.3. The van der Waals surface area contributed by atoms with Gasteiger partial charge < -0.3 is 20.3 Å². The molecule has 2 aliphatic heterocycles. The summed E-state index contributed by atoms with van der Waals surface area (Å²) in [6.07, 6.45) is 1.27. The Morgan fingerprint density at radius 2 is 1.80 bits per heavy atom. The van der Waals surface area contributed by atoms with Crippen LogP contribution >= 0.6 is 0 Å². The minimum atomic E-state index is -0.104. The summed E-state index contributed by atoms with van der Waals surface area (Å²) in [6.45, 7) is 9.61. The van der Waals surface area contributed by atoms with Gasteiger partial charge in [0.1, 0.15) is 23.9 Å². The van der Waals surface area contributed by atoms with Crippen LogP contribution in [0.5, 0.6) is 17.2 Å². The molecule has 0 spiro atoms. The van der Waals surface area contributed by atoms with E-state index < -0.39 is 0 Å². The van der Waals surface area contributed by atoms with Crippen molar-refractivity contribution < 1.29 is 14.9 Å². The lowest BCUT2D eigenvalue weighted by Crippen LogP contribution is -2.35. The number of anilines is 1. The van der Waals surface area contributed by atoms with Crippen molar-refractivity contribution >= 4 is 16.8 Å². The summed E-state index contributed by atoms with van der Waals surface area (Å²) in [5.74, 6) is 2.10. The van der Waals surface area contributed by atoms with E-state index in [9.17, 15) is 10.2 Å². The second kappa shape index (κ2) is 9.67. The number of benzene rings is 3. The van der Waals surface area contributed by atoms with E-state index >= 15 is 0 Å². The van der Waals surface area contributed by atoms with E-state index in [4.69, 9.17) is 4.74 Å². The molecule has 5 nitrogen and oxygen atoms in total.